The first kappa shape index (κ1) is 29.1. The summed E-state index contributed by atoms with van der Waals surface area (Å²) in [5.74, 6) is -1.35. The lowest BCUT2D eigenvalue weighted by atomic mass is 10.00. The van der Waals surface area contributed by atoms with E-state index in [0.29, 0.717) is 5.56 Å². The molecular formula is C25H20ClN7O7S. The first-order valence-electron chi connectivity index (χ1n) is 11.7. The number of rotatable bonds is 7. The van der Waals surface area contributed by atoms with E-state index in [1.54, 1.807) is 6.92 Å². The van der Waals surface area contributed by atoms with Crippen LogP contribution in [0.3, 0.4) is 0 Å². The zero-order valence-corrected chi connectivity index (χ0v) is 22.9. The van der Waals surface area contributed by atoms with E-state index in [1.165, 1.54) is 37.5 Å². The topological polar surface area (TPSA) is 208 Å². The number of nitrogens with one attached hydrogen (secondary N) is 2. The second-order valence-corrected chi connectivity index (χ2v) is 10.5. The molecule has 41 heavy (non-hydrogen) atoms. The number of nitro groups is 1. The summed E-state index contributed by atoms with van der Waals surface area (Å²) in [6, 6.07) is 9.52. The van der Waals surface area contributed by atoms with Crippen molar-refractivity contribution in [2.75, 3.05) is 17.4 Å². The highest BCUT2D eigenvalue weighted by Gasteiger charge is 2.40. The first-order valence-corrected chi connectivity index (χ1v) is 13.5. The number of pyridine rings is 1. The molecule has 0 saturated heterocycles. The van der Waals surface area contributed by atoms with Gasteiger partial charge in [-0.1, -0.05) is 17.7 Å². The van der Waals surface area contributed by atoms with E-state index in [9.17, 15) is 37.9 Å². The predicted octanol–water partition coefficient (Wildman–Crippen LogP) is 3.05. The van der Waals surface area contributed by atoms with E-state index in [0.717, 1.165) is 23.2 Å². The van der Waals surface area contributed by atoms with Gasteiger partial charge < -0.3 is 10.6 Å². The van der Waals surface area contributed by atoms with Crippen molar-refractivity contribution in [2.24, 2.45) is 5.10 Å². The van der Waals surface area contributed by atoms with Gasteiger partial charge in [0.05, 0.1) is 44.1 Å². The number of hydrogen-bond acceptors (Lipinski definition) is 10. The molecule has 0 spiro atoms. The highest BCUT2D eigenvalue weighted by Crippen LogP contribution is 2.36. The Morgan fingerprint density at radius 3 is 2.61 bits per heavy atom. The smallest absolute Gasteiger partial charge is 0.295 e. The molecule has 4 rings (SSSR count). The van der Waals surface area contributed by atoms with Gasteiger partial charge in [-0.25, -0.2) is 9.99 Å². The summed E-state index contributed by atoms with van der Waals surface area (Å²) in [6.07, 6.45) is 0.990. The van der Waals surface area contributed by atoms with Crippen molar-refractivity contribution in [1.82, 2.24) is 10.3 Å². The maximum absolute atomic E-state index is 13.8. The molecule has 0 fully saturated rings. The maximum atomic E-state index is 13.8. The molecule has 0 aliphatic carbocycles. The molecule has 2 aromatic carbocycles. The second-order valence-electron chi connectivity index (χ2n) is 8.70. The van der Waals surface area contributed by atoms with E-state index in [-0.39, 0.29) is 39.8 Å². The minimum Gasteiger partial charge on any atom is -0.355 e. The predicted molar refractivity (Wildman–Crippen MR) is 147 cm³/mol. The quantitative estimate of drug-likeness (QED) is 0.206. The van der Waals surface area contributed by atoms with Crippen molar-refractivity contribution < 1.29 is 27.5 Å². The third-order valence-corrected chi connectivity index (χ3v) is 7.31. The van der Waals surface area contributed by atoms with E-state index in [4.69, 9.17) is 11.6 Å². The van der Waals surface area contributed by atoms with Crippen molar-refractivity contribution >= 4 is 56.4 Å². The Labute approximate surface area is 238 Å². The van der Waals surface area contributed by atoms with Crippen LogP contribution in [0.5, 0.6) is 0 Å². The van der Waals surface area contributed by atoms with Gasteiger partial charge in [0.15, 0.2) is 5.82 Å². The lowest BCUT2D eigenvalue weighted by Gasteiger charge is -2.23. The Bertz CT molecular complexity index is 1790. The molecule has 2 heterocycles. The summed E-state index contributed by atoms with van der Waals surface area (Å²) in [5, 5.41) is 31.7. The highest BCUT2D eigenvalue weighted by atomic mass is 35.5. The fourth-order valence-corrected chi connectivity index (χ4v) is 5.26. The Kier molecular flexibility index (Phi) is 8.01. The Morgan fingerprint density at radius 2 is 2.00 bits per heavy atom. The van der Waals surface area contributed by atoms with E-state index in [2.05, 4.69) is 20.7 Å². The van der Waals surface area contributed by atoms with Gasteiger partial charge in [0.1, 0.15) is 10.9 Å². The van der Waals surface area contributed by atoms with Crippen LogP contribution in [0.15, 0.2) is 58.7 Å². The van der Waals surface area contributed by atoms with Crippen LogP contribution in [0.1, 0.15) is 33.5 Å². The number of hydrogen-bond donors (Lipinski definition) is 3. The van der Waals surface area contributed by atoms with E-state index < -0.39 is 49.0 Å². The molecule has 16 heteroatoms. The average molecular weight is 598 g/mol. The van der Waals surface area contributed by atoms with Gasteiger partial charge >= 0.3 is 0 Å². The summed E-state index contributed by atoms with van der Waals surface area (Å²) >= 11 is 6.33. The number of aryl methyl sites for hydroxylation is 1. The standard InChI is InChI=1S/C25H20ClN7O7S/c1-13-9-14(12-27)10-15(24(34)28-2)22(13)30-25(35)19-11-17(31-32(19)23-16(26)5-4-8-29-23)21-18(33(36)37)6-3-7-20(21)41(38,39)40/h3-10,19H,11H2,1-2H3,(H,28,34)(H,30,35)(H,38,39,40). The van der Waals surface area contributed by atoms with Crippen molar-refractivity contribution in [3.05, 3.63) is 86.1 Å². The van der Waals surface area contributed by atoms with Crippen LogP contribution in [0, 0.1) is 28.4 Å². The number of nitrogens with zero attached hydrogens (tertiary/aromatic N) is 5. The largest absolute Gasteiger partial charge is 0.355 e. The highest BCUT2D eigenvalue weighted by molar-refractivity contribution is 7.86. The fourth-order valence-electron chi connectivity index (χ4n) is 4.32. The minimum atomic E-state index is -4.95. The zero-order chi connectivity index (χ0) is 30.1. The van der Waals surface area contributed by atoms with E-state index >= 15 is 0 Å². The number of carbonyl (C=O) groups is 2. The van der Waals surface area contributed by atoms with Crippen LogP contribution in [-0.4, -0.2) is 53.5 Å². The molecule has 1 unspecified atom stereocenters. The number of aromatic nitrogens is 1. The maximum Gasteiger partial charge on any atom is 0.295 e. The molecule has 14 nitrogen and oxygen atoms in total. The molecular weight excluding hydrogens is 578 g/mol. The number of benzene rings is 2. The molecule has 3 aromatic rings. The molecule has 1 aliphatic heterocycles. The summed E-state index contributed by atoms with van der Waals surface area (Å²) in [5.41, 5.74) is -0.712. The van der Waals surface area contributed by atoms with Crippen LogP contribution < -0.4 is 15.6 Å². The minimum absolute atomic E-state index is 0.00585. The number of nitriles is 1. The first-order chi connectivity index (χ1) is 19.4. The van der Waals surface area contributed by atoms with Crippen molar-refractivity contribution in [3.63, 3.8) is 0 Å². The Balaban J connectivity index is 1.86. The van der Waals surface area contributed by atoms with Crippen molar-refractivity contribution in [3.8, 4) is 6.07 Å². The van der Waals surface area contributed by atoms with Crippen molar-refractivity contribution in [2.45, 2.75) is 24.3 Å². The Hall–Kier alpha value is -4.91. The molecule has 1 aliphatic rings. The number of nitro benzene ring substituents is 1. The van der Waals surface area contributed by atoms with Gasteiger partial charge in [-0.05, 0) is 42.8 Å². The van der Waals surface area contributed by atoms with Crippen LogP contribution >= 0.6 is 11.6 Å². The summed E-state index contributed by atoms with van der Waals surface area (Å²) < 4.78 is 34.1. The van der Waals surface area contributed by atoms with Crippen molar-refractivity contribution in [1.29, 1.82) is 5.26 Å². The molecule has 0 saturated carbocycles. The summed E-state index contributed by atoms with van der Waals surface area (Å²) in [4.78, 5) is 40.7. The third kappa shape index (κ3) is 5.70. The molecule has 3 N–H and O–H groups in total. The van der Waals surface area contributed by atoms with Gasteiger partial charge in [0, 0.05) is 25.7 Å². The van der Waals surface area contributed by atoms with Crippen LogP contribution in [0.25, 0.3) is 0 Å². The summed E-state index contributed by atoms with van der Waals surface area (Å²) in [6.45, 7) is 1.58. The molecule has 1 atom stereocenters. The lowest BCUT2D eigenvalue weighted by Crippen LogP contribution is -2.39. The Morgan fingerprint density at radius 1 is 1.27 bits per heavy atom. The van der Waals surface area contributed by atoms with Gasteiger partial charge in [0.25, 0.3) is 21.7 Å². The normalized spacial score (nSPS) is 14.7. The van der Waals surface area contributed by atoms with E-state index in [1.807, 2.05) is 6.07 Å². The SMILES string of the molecule is CNC(=O)c1cc(C#N)cc(C)c1NC(=O)C1CC(c2c([N+](=O)[O-])cccc2S(=O)(=O)O)=NN1c1ncccc1Cl. The second kappa shape index (κ2) is 11.3. The van der Waals surface area contributed by atoms with Gasteiger partial charge in [-0.3, -0.25) is 24.3 Å². The average Bonchev–Trinajstić information content (AvgIpc) is 3.37. The number of hydrazone groups is 1. The molecule has 2 amide bonds. The molecule has 0 radical (unpaired) electrons. The molecule has 1 aromatic heterocycles. The van der Waals surface area contributed by atoms with Gasteiger partial charge in [-0.15, -0.1) is 0 Å². The number of amides is 2. The summed E-state index contributed by atoms with van der Waals surface area (Å²) in [7, 11) is -3.57. The monoisotopic (exact) mass is 597 g/mol. The lowest BCUT2D eigenvalue weighted by molar-refractivity contribution is -0.385. The number of halogens is 1. The van der Waals surface area contributed by atoms with Crippen LogP contribution in [-0.2, 0) is 14.9 Å². The number of anilines is 2. The van der Waals surface area contributed by atoms with Crippen LogP contribution in [0.2, 0.25) is 5.02 Å². The number of carbonyl (C=O) groups excluding carboxylic acids is 2. The van der Waals surface area contributed by atoms with Gasteiger partial charge in [-0.2, -0.15) is 18.8 Å². The fraction of sp³-hybridized carbons (Fsp3) is 0.160. The van der Waals surface area contributed by atoms with Gasteiger partial charge in [0.2, 0.25) is 5.91 Å². The third-order valence-electron chi connectivity index (χ3n) is 6.12. The zero-order valence-electron chi connectivity index (χ0n) is 21.3. The van der Waals surface area contributed by atoms with Crippen LogP contribution in [0.4, 0.5) is 17.2 Å². The molecule has 210 valence electrons. The molecule has 0 bridgehead atoms.